The fraction of sp³-hybridized carbons (Fsp3) is 0.409. The normalized spacial score (nSPS) is 21.9. The second-order valence-corrected chi connectivity index (χ2v) is 8.03. The van der Waals surface area contributed by atoms with Gasteiger partial charge in [0.15, 0.2) is 0 Å². The summed E-state index contributed by atoms with van der Waals surface area (Å²) in [4.78, 5) is 41.2. The van der Waals surface area contributed by atoms with Crippen LogP contribution in [0.25, 0.3) is 10.8 Å². The van der Waals surface area contributed by atoms with E-state index in [9.17, 15) is 14.4 Å². The average molecular weight is 395 g/mol. The van der Waals surface area contributed by atoms with Crippen molar-refractivity contribution in [1.29, 1.82) is 0 Å². The Balaban J connectivity index is 1.46. The predicted octanol–water partition coefficient (Wildman–Crippen LogP) is 2.40. The largest absolute Gasteiger partial charge is 0.415 e. The molecule has 0 aliphatic carbocycles. The highest BCUT2D eigenvalue weighted by molar-refractivity contribution is 5.97. The van der Waals surface area contributed by atoms with Crippen LogP contribution < -0.4 is 10.1 Å². The molecular formula is C22H25N3O4. The van der Waals surface area contributed by atoms with E-state index in [1.165, 1.54) is 4.90 Å². The summed E-state index contributed by atoms with van der Waals surface area (Å²) in [6, 6.07) is 12.1. The van der Waals surface area contributed by atoms with Crippen molar-refractivity contribution >= 4 is 28.7 Å². The number of ether oxygens (including phenoxy) is 1. The Hall–Kier alpha value is -3.09. The van der Waals surface area contributed by atoms with Crippen molar-refractivity contribution in [2.75, 3.05) is 19.6 Å². The van der Waals surface area contributed by atoms with Gasteiger partial charge in [-0.05, 0) is 23.8 Å². The van der Waals surface area contributed by atoms with Gasteiger partial charge >= 0.3 is 6.09 Å². The predicted molar refractivity (Wildman–Crippen MR) is 108 cm³/mol. The molecule has 0 bridgehead atoms. The molecule has 2 fully saturated rings. The Labute approximate surface area is 169 Å². The lowest BCUT2D eigenvalue weighted by atomic mass is 9.97. The molecular weight excluding hydrogens is 370 g/mol. The molecule has 2 saturated heterocycles. The molecule has 0 unspecified atom stereocenters. The van der Waals surface area contributed by atoms with Gasteiger partial charge in [-0.3, -0.25) is 9.59 Å². The lowest BCUT2D eigenvalue weighted by Crippen LogP contribution is -2.69. The molecule has 2 heterocycles. The summed E-state index contributed by atoms with van der Waals surface area (Å²) in [6.07, 6.45) is 0.103. The zero-order valence-corrected chi connectivity index (χ0v) is 16.6. The standard InChI is InChI=1S/C22H25N3O4/c1-14(2)12-17-21(27)25-11-10-24(13-18(25)20(26)23-17)22(28)29-19-9-5-7-15-6-3-4-8-16(15)19/h3-9,14,17-18H,10-13H2,1-2H3,(H,23,26)/t17-,18-/m1/s1. The summed E-state index contributed by atoms with van der Waals surface area (Å²) in [6.45, 7) is 4.85. The van der Waals surface area contributed by atoms with E-state index in [2.05, 4.69) is 5.32 Å². The molecule has 2 aromatic rings. The molecule has 2 aromatic carbocycles. The third-order valence-electron chi connectivity index (χ3n) is 5.49. The number of piperazine rings is 2. The molecule has 7 nitrogen and oxygen atoms in total. The number of hydrogen-bond acceptors (Lipinski definition) is 4. The second kappa shape index (κ2) is 7.73. The Kier molecular flexibility index (Phi) is 5.13. The van der Waals surface area contributed by atoms with Gasteiger partial charge < -0.3 is 19.9 Å². The number of rotatable bonds is 3. The van der Waals surface area contributed by atoms with E-state index < -0.39 is 18.2 Å². The summed E-state index contributed by atoms with van der Waals surface area (Å²) in [7, 11) is 0. The zero-order valence-electron chi connectivity index (χ0n) is 16.6. The zero-order chi connectivity index (χ0) is 20.5. The average Bonchev–Trinajstić information content (AvgIpc) is 2.71. The molecule has 2 atom stereocenters. The molecule has 0 saturated carbocycles. The Morgan fingerprint density at radius 3 is 2.69 bits per heavy atom. The molecule has 7 heteroatoms. The van der Waals surface area contributed by atoms with Gasteiger partial charge in [-0.25, -0.2) is 4.79 Å². The highest BCUT2D eigenvalue weighted by atomic mass is 16.6. The number of hydrogen-bond donors (Lipinski definition) is 1. The van der Waals surface area contributed by atoms with E-state index in [1.807, 2.05) is 50.2 Å². The lowest BCUT2D eigenvalue weighted by Gasteiger charge is -2.45. The monoisotopic (exact) mass is 395 g/mol. The number of nitrogens with zero attached hydrogens (tertiary/aromatic N) is 2. The van der Waals surface area contributed by atoms with Gasteiger partial charge in [-0.1, -0.05) is 50.2 Å². The molecule has 0 spiro atoms. The van der Waals surface area contributed by atoms with Gasteiger partial charge in [-0.15, -0.1) is 0 Å². The summed E-state index contributed by atoms with van der Waals surface area (Å²) in [5, 5.41) is 4.65. The van der Waals surface area contributed by atoms with E-state index in [4.69, 9.17) is 4.74 Å². The summed E-state index contributed by atoms with van der Waals surface area (Å²) < 4.78 is 5.63. The minimum absolute atomic E-state index is 0.0645. The highest BCUT2D eigenvalue weighted by Gasteiger charge is 2.44. The smallest absolute Gasteiger partial charge is 0.410 e. The summed E-state index contributed by atoms with van der Waals surface area (Å²) in [5.74, 6) is 0.512. The van der Waals surface area contributed by atoms with Crippen molar-refractivity contribution in [2.45, 2.75) is 32.4 Å². The molecule has 152 valence electrons. The molecule has 29 heavy (non-hydrogen) atoms. The number of carbonyl (C=O) groups is 3. The van der Waals surface area contributed by atoms with E-state index >= 15 is 0 Å². The lowest BCUT2D eigenvalue weighted by molar-refractivity contribution is -0.152. The van der Waals surface area contributed by atoms with Crippen LogP contribution in [0, 0.1) is 5.92 Å². The first-order valence-electron chi connectivity index (χ1n) is 9.99. The van der Waals surface area contributed by atoms with Crippen LogP contribution in [0.5, 0.6) is 5.75 Å². The van der Waals surface area contributed by atoms with Crippen LogP contribution in [-0.4, -0.2) is 59.4 Å². The van der Waals surface area contributed by atoms with Crippen LogP contribution in [-0.2, 0) is 9.59 Å². The maximum atomic E-state index is 12.8. The van der Waals surface area contributed by atoms with Crippen LogP contribution in [0.2, 0.25) is 0 Å². The molecule has 2 aliphatic rings. The Morgan fingerprint density at radius 1 is 1.14 bits per heavy atom. The number of fused-ring (bicyclic) bond motifs is 2. The van der Waals surface area contributed by atoms with Crippen LogP contribution in [0.15, 0.2) is 42.5 Å². The van der Waals surface area contributed by atoms with Crippen molar-refractivity contribution in [3.63, 3.8) is 0 Å². The van der Waals surface area contributed by atoms with Gasteiger partial charge in [0.2, 0.25) is 11.8 Å². The van der Waals surface area contributed by atoms with Crippen molar-refractivity contribution in [3.8, 4) is 5.75 Å². The Morgan fingerprint density at radius 2 is 1.90 bits per heavy atom. The number of nitrogens with one attached hydrogen (secondary N) is 1. The molecule has 1 N–H and O–H groups in total. The highest BCUT2D eigenvalue weighted by Crippen LogP contribution is 2.26. The minimum Gasteiger partial charge on any atom is -0.410 e. The van der Waals surface area contributed by atoms with E-state index in [1.54, 1.807) is 11.0 Å². The third-order valence-corrected chi connectivity index (χ3v) is 5.49. The van der Waals surface area contributed by atoms with Crippen molar-refractivity contribution in [1.82, 2.24) is 15.1 Å². The van der Waals surface area contributed by atoms with Crippen LogP contribution in [0.3, 0.4) is 0 Å². The number of benzene rings is 2. The van der Waals surface area contributed by atoms with Gasteiger partial charge in [0.25, 0.3) is 0 Å². The molecule has 0 aromatic heterocycles. The number of carbonyl (C=O) groups excluding carboxylic acids is 3. The topological polar surface area (TPSA) is 79.0 Å². The van der Waals surface area contributed by atoms with E-state index in [-0.39, 0.29) is 18.4 Å². The molecule has 0 radical (unpaired) electrons. The summed E-state index contributed by atoms with van der Waals surface area (Å²) >= 11 is 0. The molecule has 4 rings (SSSR count). The van der Waals surface area contributed by atoms with Crippen LogP contribution in [0.1, 0.15) is 20.3 Å². The minimum atomic E-state index is -0.667. The fourth-order valence-corrected chi connectivity index (χ4v) is 4.04. The van der Waals surface area contributed by atoms with E-state index in [0.29, 0.717) is 31.2 Å². The van der Waals surface area contributed by atoms with Crippen LogP contribution >= 0.6 is 0 Å². The van der Waals surface area contributed by atoms with Crippen molar-refractivity contribution in [3.05, 3.63) is 42.5 Å². The first-order valence-corrected chi connectivity index (χ1v) is 9.99. The maximum absolute atomic E-state index is 12.8. The SMILES string of the molecule is CC(C)C[C@H]1NC(=O)[C@H]2CN(C(=O)Oc3cccc4ccccc34)CCN2C1=O. The fourth-order valence-electron chi connectivity index (χ4n) is 4.04. The van der Waals surface area contributed by atoms with Gasteiger partial charge in [-0.2, -0.15) is 0 Å². The molecule has 3 amide bonds. The third kappa shape index (κ3) is 3.77. The molecule has 2 aliphatic heterocycles. The first-order chi connectivity index (χ1) is 13.9. The van der Waals surface area contributed by atoms with Crippen LogP contribution in [0.4, 0.5) is 4.79 Å². The quantitative estimate of drug-likeness (QED) is 0.866. The van der Waals surface area contributed by atoms with Gasteiger partial charge in [0.05, 0.1) is 6.54 Å². The van der Waals surface area contributed by atoms with Crippen molar-refractivity contribution in [2.24, 2.45) is 5.92 Å². The van der Waals surface area contributed by atoms with Gasteiger partial charge in [0, 0.05) is 18.5 Å². The summed E-state index contributed by atoms with van der Waals surface area (Å²) in [5.41, 5.74) is 0. The Bertz CT molecular complexity index is 953. The number of amides is 3. The van der Waals surface area contributed by atoms with Crippen molar-refractivity contribution < 1.29 is 19.1 Å². The first kappa shape index (κ1) is 19.2. The van der Waals surface area contributed by atoms with Gasteiger partial charge in [0.1, 0.15) is 17.8 Å². The van der Waals surface area contributed by atoms with E-state index in [0.717, 1.165) is 10.8 Å². The maximum Gasteiger partial charge on any atom is 0.415 e. The second-order valence-electron chi connectivity index (χ2n) is 8.03.